The summed E-state index contributed by atoms with van der Waals surface area (Å²) in [5.41, 5.74) is 0.560. The average Bonchev–Trinajstić information content (AvgIpc) is 2.16. The second kappa shape index (κ2) is 4.61. The first-order chi connectivity index (χ1) is 7.63. The molecular formula is C13H18O3S. The van der Waals surface area contributed by atoms with Crippen LogP contribution in [0.15, 0.2) is 29.2 Å². The van der Waals surface area contributed by atoms with E-state index in [0.29, 0.717) is 11.3 Å². The summed E-state index contributed by atoms with van der Waals surface area (Å²) in [6.07, 6.45) is 1.80. The summed E-state index contributed by atoms with van der Waals surface area (Å²) >= 11 is 0. The predicted molar refractivity (Wildman–Crippen MR) is 67.7 cm³/mol. The van der Waals surface area contributed by atoms with Gasteiger partial charge in [-0.1, -0.05) is 26.0 Å². The molecule has 1 rings (SSSR count). The molecule has 4 heteroatoms. The molecule has 0 unspecified atom stereocenters. The van der Waals surface area contributed by atoms with E-state index in [1.165, 1.54) is 6.26 Å². The molecule has 0 aliphatic carbocycles. The minimum absolute atomic E-state index is 0.129. The molecule has 0 aromatic heterocycles. The van der Waals surface area contributed by atoms with Crippen molar-refractivity contribution in [3.63, 3.8) is 0 Å². The van der Waals surface area contributed by atoms with E-state index < -0.39 is 15.3 Å². The van der Waals surface area contributed by atoms with Gasteiger partial charge in [0, 0.05) is 11.7 Å². The van der Waals surface area contributed by atoms with Crippen molar-refractivity contribution < 1.29 is 13.2 Å². The van der Waals surface area contributed by atoms with Crippen molar-refractivity contribution in [1.29, 1.82) is 0 Å². The van der Waals surface area contributed by atoms with Crippen molar-refractivity contribution in [3.8, 4) is 0 Å². The van der Waals surface area contributed by atoms with Crippen molar-refractivity contribution >= 4 is 15.6 Å². The van der Waals surface area contributed by atoms with Crippen LogP contribution >= 0.6 is 0 Å². The number of carbonyl (C=O) groups excluding carboxylic acids is 1. The van der Waals surface area contributed by atoms with E-state index in [1.54, 1.807) is 31.2 Å². The Labute approximate surface area is 103 Å². The number of carbonyl (C=O) groups is 1. The van der Waals surface area contributed by atoms with Crippen LogP contribution in [-0.4, -0.2) is 20.5 Å². The Morgan fingerprint density at radius 2 is 1.65 bits per heavy atom. The number of benzene rings is 1. The summed E-state index contributed by atoms with van der Waals surface area (Å²) in [5.74, 6) is 0.129. The van der Waals surface area contributed by atoms with Crippen molar-refractivity contribution in [2.75, 3.05) is 6.26 Å². The molecule has 0 aliphatic heterocycles. The van der Waals surface area contributed by atoms with Gasteiger partial charge < -0.3 is 0 Å². The summed E-state index contributed by atoms with van der Waals surface area (Å²) in [6.45, 7) is 5.35. The quantitative estimate of drug-likeness (QED) is 0.828. The third-order valence-corrected chi connectivity index (χ3v) is 4.08. The lowest BCUT2D eigenvalue weighted by Crippen LogP contribution is -2.24. The second-order valence-electron chi connectivity index (χ2n) is 5.03. The van der Waals surface area contributed by atoms with Gasteiger partial charge in [-0.05, 0) is 31.0 Å². The third kappa shape index (κ3) is 3.66. The first-order valence-electron chi connectivity index (χ1n) is 5.43. The smallest absolute Gasteiger partial charge is 0.175 e. The number of sulfone groups is 1. The van der Waals surface area contributed by atoms with Gasteiger partial charge in [-0.3, -0.25) is 4.79 Å². The lowest BCUT2D eigenvalue weighted by molar-refractivity contribution is -0.124. The van der Waals surface area contributed by atoms with Gasteiger partial charge in [-0.2, -0.15) is 0 Å². The van der Waals surface area contributed by atoms with Crippen LogP contribution in [0.2, 0.25) is 0 Å². The third-order valence-electron chi connectivity index (χ3n) is 2.95. The molecule has 0 amide bonds. The number of hydrogen-bond donors (Lipinski definition) is 0. The van der Waals surface area contributed by atoms with Crippen LogP contribution in [0.3, 0.4) is 0 Å². The normalized spacial score (nSPS) is 12.5. The van der Waals surface area contributed by atoms with Gasteiger partial charge in [-0.25, -0.2) is 8.42 Å². The lowest BCUT2D eigenvalue weighted by atomic mass is 9.82. The van der Waals surface area contributed by atoms with Crippen LogP contribution in [0, 0.1) is 5.41 Å². The zero-order valence-corrected chi connectivity index (χ0v) is 11.5. The minimum atomic E-state index is -3.15. The fourth-order valence-corrected chi connectivity index (χ4v) is 2.12. The van der Waals surface area contributed by atoms with Crippen LogP contribution in [0.25, 0.3) is 0 Å². The molecular weight excluding hydrogens is 236 g/mol. The van der Waals surface area contributed by atoms with E-state index in [4.69, 9.17) is 0 Å². The Hall–Kier alpha value is -1.16. The van der Waals surface area contributed by atoms with Gasteiger partial charge in [-0.15, -0.1) is 0 Å². The lowest BCUT2D eigenvalue weighted by Gasteiger charge is -2.21. The summed E-state index contributed by atoms with van der Waals surface area (Å²) in [6, 6.07) is 6.70. The molecule has 0 fully saturated rings. The second-order valence-corrected chi connectivity index (χ2v) is 7.05. The van der Waals surface area contributed by atoms with Crippen LogP contribution in [0.5, 0.6) is 0 Å². The fourth-order valence-electron chi connectivity index (χ4n) is 1.49. The summed E-state index contributed by atoms with van der Waals surface area (Å²) in [5, 5.41) is 0. The maximum Gasteiger partial charge on any atom is 0.175 e. The Morgan fingerprint density at radius 3 is 2.00 bits per heavy atom. The minimum Gasteiger partial charge on any atom is -0.299 e. The highest BCUT2D eigenvalue weighted by Crippen LogP contribution is 2.23. The number of hydrogen-bond acceptors (Lipinski definition) is 3. The van der Waals surface area contributed by atoms with Crippen molar-refractivity contribution in [2.24, 2.45) is 5.41 Å². The molecule has 0 saturated heterocycles. The molecule has 1 aromatic rings. The highest BCUT2D eigenvalue weighted by atomic mass is 32.2. The van der Waals surface area contributed by atoms with E-state index in [1.807, 2.05) is 13.8 Å². The Bertz CT molecular complexity index is 510. The SMILES string of the molecule is CC(=O)C(C)(C)Cc1ccc(S(C)(=O)=O)cc1. The molecule has 0 bridgehead atoms. The predicted octanol–water partition coefficient (Wildman–Crippen LogP) is 2.25. The molecule has 3 nitrogen and oxygen atoms in total. The molecule has 0 radical (unpaired) electrons. The van der Waals surface area contributed by atoms with E-state index in [0.717, 1.165) is 5.56 Å². The van der Waals surface area contributed by atoms with E-state index in [2.05, 4.69) is 0 Å². The van der Waals surface area contributed by atoms with Gasteiger partial charge >= 0.3 is 0 Å². The van der Waals surface area contributed by atoms with Crippen molar-refractivity contribution in [1.82, 2.24) is 0 Å². The fraction of sp³-hybridized carbons (Fsp3) is 0.462. The Morgan fingerprint density at radius 1 is 1.18 bits per heavy atom. The van der Waals surface area contributed by atoms with Gasteiger partial charge in [0.25, 0.3) is 0 Å². The maximum absolute atomic E-state index is 11.4. The van der Waals surface area contributed by atoms with Gasteiger partial charge in [0.15, 0.2) is 9.84 Å². The van der Waals surface area contributed by atoms with Gasteiger partial charge in [0.2, 0.25) is 0 Å². The van der Waals surface area contributed by atoms with Crippen molar-refractivity contribution in [3.05, 3.63) is 29.8 Å². The summed E-state index contributed by atoms with van der Waals surface area (Å²) in [7, 11) is -3.15. The number of ketones is 1. The van der Waals surface area contributed by atoms with E-state index in [9.17, 15) is 13.2 Å². The zero-order chi connectivity index (χ0) is 13.3. The molecule has 0 N–H and O–H groups in total. The average molecular weight is 254 g/mol. The highest BCUT2D eigenvalue weighted by Gasteiger charge is 2.23. The molecule has 0 atom stereocenters. The zero-order valence-electron chi connectivity index (χ0n) is 10.6. The summed E-state index contributed by atoms with van der Waals surface area (Å²) in [4.78, 5) is 11.7. The Kier molecular flexibility index (Phi) is 3.77. The molecule has 0 saturated carbocycles. The summed E-state index contributed by atoms with van der Waals surface area (Å²) < 4.78 is 22.6. The molecule has 0 spiro atoms. The molecule has 94 valence electrons. The van der Waals surface area contributed by atoms with Gasteiger partial charge in [0.1, 0.15) is 5.78 Å². The standard InChI is InChI=1S/C13H18O3S/c1-10(14)13(2,3)9-11-5-7-12(8-6-11)17(4,15)16/h5-8H,9H2,1-4H3. The topological polar surface area (TPSA) is 51.2 Å². The first-order valence-corrected chi connectivity index (χ1v) is 7.32. The maximum atomic E-state index is 11.4. The number of Topliss-reactive ketones (excluding diaryl/α,β-unsaturated/α-hetero) is 1. The van der Waals surface area contributed by atoms with Gasteiger partial charge in [0.05, 0.1) is 4.90 Å². The van der Waals surface area contributed by atoms with Crippen LogP contribution in [0.4, 0.5) is 0 Å². The molecule has 0 heterocycles. The van der Waals surface area contributed by atoms with E-state index in [-0.39, 0.29) is 5.78 Å². The van der Waals surface area contributed by atoms with Crippen LogP contribution in [-0.2, 0) is 21.1 Å². The van der Waals surface area contributed by atoms with Crippen LogP contribution < -0.4 is 0 Å². The Balaban J connectivity index is 2.94. The molecule has 1 aromatic carbocycles. The number of rotatable bonds is 4. The largest absolute Gasteiger partial charge is 0.299 e. The monoisotopic (exact) mass is 254 g/mol. The molecule has 0 aliphatic rings. The highest BCUT2D eigenvalue weighted by molar-refractivity contribution is 7.90. The van der Waals surface area contributed by atoms with E-state index >= 15 is 0 Å². The molecule has 17 heavy (non-hydrogen) atoms. The van der Waals surface area contributed by atoms with Crippen molar-refractivity contribution in [2.45, 2.75) is 32.1 Å². The first kappa shape index (κ1) is 13.9. The van der Waals surface area contributed by atoms with Crippen LogP contribution in [0.1, 0.15) is 26.3 Å².